The van der Waals surface area contributed by atoms with Gasteiger partial charge in [0, 0.05) is 0 Å². The number of aromatic nitrogens is 2. The van der Waals surface area contributed by atoms with Crippen molar-refractivity contribution in [3.8, 4) is 17.2 Å². The van der Waals surface area contributed by atoms with Crippen molar-refractivity contribution in [2.75, 3.05) is 6.61 Å². The molecule has 0 aliphatic heterocycles. The number of rotatable bonds is 3. The largest absolute Gasteiger partial charge is 0.503 e. The number of phenols is 1. The number of ether oxygens (including phenoxy) is 1. The molecule has 0 aliphatic rings. The Labute approximate surface area is 109 Å². The SMILES string of the molecule is CCOC(=O)c1noc(-c2cc(F)c(F)c(O)c2F)n1. The maximum absolute atomic E-state index is 13.6. The molecular formula is C11H7F3N2O4. The molecule has 2 rings (SSSR count). The highest BCUT2D eigenvalue weighted by molar-refractivity contribution is 5.85. The molecule has 106 valence electrons. The van der Waals surface area contributed by atoms with Crippen LogP contribution in [-0.2, 0) is 4.74 Å². The zero-order valence-corrected chi connectivity index (χ0v) is 9.98. The summed E-state index contributed by atoms with van der Waals surface area (Å²) in [5, 5.41) is 12.3. The Balaban J connectivity index is 2.45. The highest BCUT2D eigenvalue weighted by atomic mass is 19.2. The van der Waals surface area contributed by atoms with E-state index in [2.05, 4.69) is 19.4 Å². The predicted octanol–water partition coefficient (Wildman–Crippen LogP) is 2.04. The lowest BCUT2D eigenvalue weighted by molar-refractivity contribution is 0.0508. The summed E-state index contributed by atoms with van der Waals surface area (Å²) in [6.45, 7) is 1.61. The molecule has 0 aliphatic carbocycles. The molecule has 0 bridgehead atoms. The molecule has 1 heterocycles. The van der Waals surface area contributed by atoms with E-state index in [0.29, 0.717) is 6.07 Å². The van der Waals surface area contributed by atoms with Crippen LogP contribution in [-0.4, -0.2) is 27.8 Å². The maximum Gasteiger partial charge on any atom is 0.379 e. The number of hydrogen-bond acceptors (Lipinski definition) is 6. The normalized spacial score (nSPS) is 10.6. The first-order valence-electron chi connectivity index (χ1n) is 5.33. The molecule has 9 heteroatoms. The quantitative estimate of drug-likeness (QED) is 0.687. The average Bonchev–Trinajstić information content (AvgIpc) is 2.90. The van der Waals surface area contributed by atoms with E-state index >= 15 is 0 Å². The van der Waals surface area contributed by atoms with Crippen LogP contribution in [0.5, 0.6) is 5.75 Å². The van der Waals surface area contributed by atoms with E-state index in [1.54, 1.807) is 6.92 Å². The van der Waals surface area contributed by atoms with Gasteiger partial charge in [0.1, 0.15) is 0 Å². The monoisotopic (exact) mass is 288 g/mol. The van der Waals surface area contributed by atoms with Crippen molar-refractivity contribution in [1.29, 1.82) is 0 Å². The number of hydrogen-bond donors (Lipinski definition) is 1. The Kier molecular flexibility index (Phi) is 3.59. The second-order valence-corrected chi connectivity index (χ2v) is 3.53. The van der Waals surface area contributed by atoms with Gasteiger partial charge >= 0.3 is 5.97 Å². The third kappa shape index (κ3) is 2.29. The minimum Gasteiger partial charge on any atom is -0.503 e. The van der Waals surface area contributed by atoms with E-state index in [1.807, 2.05) is 0 Å². The number of aromatic hydroxyl groups is 1. The van der Waals surface area contributed by atoms with Gasteiger partial charge in [0.25, 0.3) is 11.7 Å². The van der Waals surface area contributed by atoms with Gasteiger partial charge in [-0.25, -0.2) is 13.6 Å². The second kappa shape index (κ2) is 5.19. The van der Waals surface area contributed by atoms with Crippen LogP contribution in [0.1, 0.15) is 17.5 Å². The van der Waals surface area contributed by atoms with Crippen LogP contribution in [0.25, 0.3) is 11.5 Å². The minimum absolute atomic E-state index is 0.0586. The first kappa shape index (κ1) is 13.8. The van der Waals surface area contributed by atoms with Gasteiger partial charge in [-0.1, -0.05) is 0 Å². The Hall–Kier alpha value is -2.58. The molecule has 0 fully saturated rings. The third-order valence-corrected chi connectivity index (χ3v) is 2.25. The standard InChI is InChI=1S/C11H7F3N2O4/c1-2-19-11(18)9-15-10(20-16-9)4-3-5(12)7(14)8(17)6(4)13/h3,17H,2H2,1H3. The summed E-state index contributed by atoms with van der Waals surface area (Å²) in [4.78, 5) is 14.8. The zero-order valence-electron chi connectivity index (χ0n) is 9.98. The first-order chi connectivity index (χ1) is 9.45. The summed E-state index contributed by atoms with van der Waals surface area (Å²) >= 11 is 0. The first-order valence-corrected chi connectivity index (χ1v) is 5.33. The fraction of sp³-hybridized carbons (Fsp3) is 0.182. The molecule has 0 spiro atoms. The fourth-order valence-corrected chi connectivity index (χ4v) is 1.36. The summed E-state index contributed by atoms with van der Waals surface area (Å²) in [7, 11) is 0. The van der Waals surface area contributed by atoms with Gasteiger partial charge in [0.2, 0.25) is 5.82 Å². The zero-order chi connectivity index (χ0) is 14.9. The summed E-state index contributed by atoms with van der Waals surface area (Å²) < 4.78 is 48.7. The highest BCUT2D eigenvalue weighted by Crippen LogP contribution is 2.31. The molecule has 0 atom stereocenters. The van der Waals surface area contributed by atoms with Crippen LogP contribution in [0.3, 0.4) is 0 Å². The maximum atomic E-state index is 13.6. The smallest absolute Gasteiger partial charge is 0.379 e. The molecule has 20 heavy (non-hydrogen) atoms. The van der Waals surface area contributed by atoms with Crippen LogP contribution in [0.2, 0.25) is 0 Å². The fourth-order valence-electron chi connectivity index (χ4n) is 1.36. The van der Waals surface area contributed by atoms with Crippen molar-refractivity contribution in [1.82, 2.24) is 10.1 Å². The van der Waals surface area contributed by atoms with E-state index in [-0.39, 0.29) is 6.61 Å². The number of nitrogens with zero attached hydrogens (tertiary/aromatic N) is 2. The van der Waals surface area contributed by atoms with Crippen LogP contribution < -0.4 is 0 Å². The van der Waals surface area contributed by atoms with Gasteiger partial charge in [-0.3, -0.25) is 0 Å². The molecule has 0 saturated carbocycles. The lowest BCUT2D eigenvalue weighted by atomic mass is 10.2. The molecular weight excluding hydrogens is 281 g/mol. The van der Waals surface area contributed by atoms with Crippen LogP contribution in [0.15, 0.2) is 10.6 Å². The molecule has 0 saturated heterocycles. The summed E-state index contributed by atoms with van der Waals surface area (Å²) in [6.07, 6.45) is 0. The third-order valence-electron chi connectivity index (χ3n) is 2.25. The number of carbonyl (C=O) groups is 1. The van der Waals surface area contributed by atoms with Crippen LogP contribution >= 0.6 is 0 Å². The number of esters is 1. The second-order valence-electron chi connectivity index (χ2n) is 3.53. The predicted molar refractivity (Wildman–Crippen MR) is 57.2 cm³/mol. The summed E-state index contributed by atoms with van der Waals surface area (Å²) in [5.74, 6) is -8.27. The number of carbonyl (C=O) groups excluding carboxylic acids is 1. The highest BCUT2D eigenvalue weighted by Gasteiger charge is 2.24. The van der Waals surface area contributed by atoms with Crippen LogP contribution in [0.4, 0.5) is 13.2 Å². The van der Waals surface area contributed by atoms with Gasteiger partial charge in [0.15, 0.2) is 17.4 Å². The summed E-state index contributed by atoms with van der Waals surface area (Å²) in [6, 6.07) is 0.423. The molecule has 1 N–H and O–H groups in total. The Bertz CT molecular complexity index is 672. The van der Waals surface area contributed by atoms with E-state index in [1.165, 1.54) is 0 Å². The van der Waals surface area contributed by atoms with Gasteiger partial charge in [-0.2, -0.15) is 9.37 Å². The van der Waals surface area contributed by atoms with Gasteiger partial charge < -0.3 is 14.4 Å². The average molecular weight is 288 g/mol. The lowest BCUT2D eigenvalue weighted by Crippen LogP contribution is -2.06. The number of phenolic OH excluding ortho intramolecular Hbond substituents is 1. The number of halogens is 3. The molecule has 0 amide bonds. The van der Waals surface area contributed by atoms with E-state index in [9.17, 15) is 18.0 Å². The Morgan fingerprint density at radius 3 is 2.75 bits per heavy atom. The van der Waals surface area contributed by atoms with Crippen molar-refractivity contribution in [2.24, 2.45) is 0 Å². The van der Waals surface area contributed by atoms with Crippen molar-refractivity contribution in [3.05, 3.63) is 29.3 Å². The lowest BCUT2D eigenvalue weighted by Gasteiger charge is -2.02. The van der Waals surface area contributed by atoms with Gasteiger partial charge in [-0.05, 0) is 18.1 Å². The van der Waals surface area contributed by atoms with E-state index < -0.39 is 46.4 Å². The van der Waals surface area contributed by atoms with Gasteiger partial charge in [0.05, 0.1) is 12.2 Å². The van der Waals surface area contributed by atoms with Crippen molar-refractivity contribution in [2.45, 2.75) is 6.92 Å². The molecule has 1 aromatic heterocycles. The number of benzene rings is 1. The van der Waals surface area contributed by atoms with E-state index in [0.717, 1.165) is 0 Å². The molecule has 6 nitrogen and oxygen atoms in total. The molecule has 0 radical (unpaired) electrons. The van der Waals surface area contributed by atoms with Crippen molar-refractivity contribution in [3.63, 3.8) is 0 Å². The van der Waals surface area contributed by atoms with Crippen molar-refractivity contribution >= 4 is 5.97 Å². The topological polar surface area (TPSA) is 85.5 Å². The van der Waals surface area contributed by atoms with Crippen molar-refractivity contribution < 1.29 is 32.3 Å². The van der Waals surface area contributed by atoms with Crippen LogP contribution in [0, 0.1) is 17.5 Å². The van der Waals surface area contributed by atoms with Gasteiger partial charge in [-0.15, -0.1) is 0 Å². The summed E-state index contributed by atoms with van der Waals surface area (Å²) in [5.41, 5.74) is -0.676. The molecule has 2 aromatic rings. The molecule has 0 unspecified atom stereocenters. The Morgan fingerprint density at radius 2 is 2.10 bits per heavy atom. The minimum atomic E-state index is -1.74. The molecule has 1 aromatic carbocycles. The van der Waals surface area contributed by atoms with E-state index in [4.69, 9.17) is 5.11 Å². The Morgan fingerprint density at radius 1 is 1.40 bits per heavy atom.